The molecule has 0 atom stereocenters. The Kier molecular flexibility index (Phi) is 5.12. The summed E-state index contributed by atoms with van der Waals surface area (Å²) in [5, 5.41) is 3.36. The molecular formula is C15H21N3O. The van der Waals surface area contributed by atoms with Crippen molar-refractivity contribution in [2.45, 2.75) is 20.0 Å². The summed E-state index contributed by atoms with van der Waals surface area (Å²) in [6, 6.07) is 6.40. The van der Waals surface area contributed by atoms with Crippen LogP contribution in [-0.4, -0.2) is 29.8 Å². The van der Waals surface area contributed by atoms with E-state index >= 15 is 0 Å². The van der Waals surface area contributed by atoms with Gasteiger partial charge >= 0.3 is 0 Å². The highest BCUT2D eigenvalue weighted by Gasteiger charge is 2.02. The lowest BCUT2D eigenvalue weighted by atomic mass is 10.2. The van der Waals surface area contributed by atoms with Gasteiger partial charge in [-0.15, -0.1) is 0 Å². The Morgan fingerprint density at radius 3 is 3.05 bits per heavy atom. The standard InChI is InChI=1S/C15H21N3O/c1-13-8-14(10-17-9-13)12-18-6-3-4-15(18)11-16-5-7-19-2/h3-4,6,8-10,16H,5,7,11-12H2,1-2H3. The maximum Gasteiger partial charge on any atom is 0.0587 e. The van der Waals surface area contributed by atoms with E-state index in [-0.39, 0.29) is 0 Å². The molecule has 2 aromatic rings. The molecule has 19 heavy (non-hydrogen) atoms. The molecule has 0 radical (unpaired) electrons. The van der Waals surface area contributed by atoms with Crippen LogP contribution in [0.25, 0.3) is 0 Å². The van der Waals surface area contributed by atoms with Crippen LogP contribution < -0.4 is 5.32 Å². The van der Waals surface area contributed by atoms with Crippen molar-refractivity contribution in [3.8, 4) is 0 Å². The minimum Gasteiger partial charge on any atom is -0.383 e. The van der Waals surface area contributed by atoms with Crippen molar-refractivity contribution in [3.63, 3.8) is 0 Å². The van der Waals surface area contributed by atoms with E-state index in [1.54, 1.807) is 7.11 Å². The summed E-state index contributed by atoms with van der Waals surface area (Å²) in [6.07, 6.45) is 5.91. The summed E-state index contributed by atoms with van der Waals surface area (Å²) in [5.41, 5.74) is 3.70. The van der Waals surface area contributed by atoms with Gasteiger partial charge in [-0.05, 0) is 30.2 Å². The lowest BCUT2D eigenvalue weighted by Crippen LogP contribution is -2.20. The number of hydrogen-bond acceptors (Lipinski definition) is 3. The molecule has 0 saturated heterocycles. The van der Waals surface area contributed by atoms with Crippen LogP contribution in [0, 0.1) is 6.92 Å². The first-order valence-corrected chi connectivity index (χ1v) is 6.54. The van der Waals surface area contributed by atoms with Gasteiger partial charge in [-0.3, -0.25) is 4.98 Å². The number of pyridine rings is 1. The van der Waals surface area contributed by atoms with Crippen LogP contribution in [0.2, 0.25) is 0 Å². The molecule has 102 valence electrons. The van der Waals surface area contributed by atoms with Crippen LogP contribution >= 0.6 is 0 Å². The first kappa shape index (κ1) is 13.8. The molecule has 4 heteroatoms. The van der Waals surface area contributed by atoms with Crippen LogP contribution in [0.5, 0.6) is 0 Å². The van der Waals surface area contributed by atoms with Gasteiger partial charge in [0.05, 0.1) is 6.61 Å². The summed E-state index contributed by atoms with van der Waals surface area (Å²) in [4.78, 5) is 4.24. The average molecular weight is 259 g/mol. The quantitative estimate of drug-likeness (QED) is 0.773. The van der Waals surface area contributed by atoms with Gasteiger partial charge < -0.3 is 14.6 Å². The van der Waals surface area contributed by atoms with Crippen molar-refractivity contribution in [2.24, 2.45) is 0 Å². The molecule has 0 aliphatic heterocycles. The number of methoxy groups -OCH3 is 1. The summed E-state index contributed by atoms with van der Waals surface area (Å²) in [7, 11) is 1.72. The predicted octanol–water partition coefficient (Wildman–Crippen LogP) is 1.98. The number of ether oxygens (including phenoxy) is 1. The Hall–Kier alpha value is -1.65. The predicted molar refractivity (Wildman–Crippen MR) is 76.1 cm³/mol. The fraction of sp³-hybridized carbons (Fsp3) is 0.400. The third kappa shape index (κ3) is 4.19. The number of nitrogens with one attached hydrogen (secondary N) is 1. The number of aromatic nitrogens is 2. The van der Waals surface area contributed by atoms with Crippen molar-refractivity contribution < 1.29 is 4.74 Å². The molecule has 4 nitrogen and oxygen atoms in total. The van der Waals surface area contributed by atoms with E-state index in [4.69, 9.17) is 4.74 Å². The van der Waals surface area contributed by atoms with E-state index in [1.165, 1.54) is 16.8 Å². The first-order valence-electron chi connectivity index (χ1n) is 6.54. The van der Waals surface area contributed by atoms with Crippen molar-refractivity contribution in [1.29, 1.82) is 0 Å². The minimum absolute atomic E-state index is 0.739. The lowest BCUT2D eigenvalue weighted by Gasteiger charge is -2.10. The van der Waals surface area contributed by atoms with Gasteiger partial charge in [0.2, 0.25) is 0 Å². The van der Waals surface area contributed by atoms with Crippen LogP contribution in [-0.2, 0) is 17.8 Å². The zero-order valence-electron chi connectivity index (χ0n) is 11.6. The maximum absolute atomic E-state index is 5.02. The van der Waals surface area contributed by atoms with Gasteiger partial charge in [0.1, 0.15) is 0 Å². The third-order valence-electron chi connectivity index (χ3n) is 3.00. The van der Waals surface area contributed by atoms with E-state index in [0.717, 1.165) is 26.2 Å². The van der Waals surface area contributed by atoms with Crippen LogP contribution in [0.15, 0.2) is 36.8 Å². The second-order valence-corrected chi connectivity index (χ2v) is 4.67. The van der Waals surface area contributed by atoms with Crippen molar-refractivity contribution >= 4 is 0 Å². The smallest absolute Gasteiger partial charge is 0.0587 e. The Labute approximate surface area is 114 Å². The Balaban J connectivity index is 1.95. The van der Waals surface area contributed by atoms with Gasteiger partial charge in [-0.1, -0.05) is 6.07 Å². The molecule has 2 aromatic heterocycles. The molecule has 0 unspecified atom stereocenters. The highest BCUT2D eigenvalue weighted by molar-refractivity contribution is 5.18. The van der Waals surface area contributed by atoms with Crippen LogP contribution in [0.4, 0.5) is 0 Å². The molecule has 0 bridgehead atoms. The van der Waals surface area contributed by atoms with Crippen LogP contribution in [0.3, 0.4) is 0 Å². The second-order valence-electron chi connectivity index (χ2n) is 4.67. The second kappa shape index (κ2) is 7.07. The molecule has 0 aromatic carbocycles. The summed E-state index contributed by atoms with van der Waals surface area (Å²) in [6.45, 7) is 5.40. The number of nitrogens with zero attached hydrogens (tertiary/aromatic N) is 2. The number of hydrogen-bond donors (Lipinski definition) is 1. The molecule has 0 aliphatic rings. The molecule has 0 aliphatic carbocycles. The first-order chi connectivity index (χ1) is 9.29. The number of aryl methyl sites for hydroxylation is 1. The van der Waals surface area contributed by atoms with Gasteiger partial charge in [0.25, 0.3) is 0 Å². The summed E-state index contributed by atoms with van der Waals surface area (Å²) >= 11 is 0. The summed E-state index contributed by atoms with van der Waals surface area (Å²) in [5.74, 6) is 0. The monoisotopic (exact) mass is 259 g/mol. The summed E-state index contributed by atoms with van der Waals surface area (Å²) < 4.78 is 7.27. The highest BCUT2D eigenvalue weighted by atomic mass is 16.5. The van der Waals surface area contributed by atoms with E-state index in [1.807, 2.05) is 12.4 Å². The molecule has 0 fully saturated rings. The topological polar surface area (TPSA) is 39.1 Å². The Morgan fingerprint density at radius 1 is 1.37 bits per heavy atom. The van der Waals surface area contributed by atoms with E-state index in [9.17, 15) is 0 Å². The number of rotatable bonds is 7. The SMILES string of the molecule is COCCNCc1cccn1Cc1cncc(C)c1. The van der Waals surface area contributed by atoms with Gasteiger partial charge in [-0.25, -0.2) is 0 Å². The van der Waals surface area contributed by atoms with Crippen molar-refractivity contribution in [1.82, 2.24) is 14.9 Å². The van der Waals surface area contributed by atoms with Gasteiger partial charge in [0, 0.05) is 51.0 Å². The van der Waals surface area contributed by atoms with Gasteiger partial charge in [0.15, 0.2) is 0 Å². The van der Waals surface area contributed by atoms with E-state index < -0.39 is 0 Å². The fourth-order valence-electron chi connectivity index (χ4n) is 2.06. The van der Waals surface area contributed by atoms with E-state index in [0.29, 0.717) is 0 Å². The molecule has 0 amide bonds. The molecule has 0 spiro atoms. The van der Waals surface area contributed by atoms with Crippen molar-refractivity contribution in [2.75, 3.05) is 20.3 Å². The Morgan fingerprint density at radius 2 is 2.26 bits per heavy atom. The van der Waals surface area contributed by atoms with Crippen LogP contribution in [0.1, 0.15) is 16.8 Å². The molecule has 1 N–H and O–H groups in total. The zero-order chi connectivity index (χ0) is 13.5. The maximum atomic E-state index is 5.02. The molecule has 0 saturated carbocycles. The molecule has 2 rings (SSSR count). The molecule has 2 heterocycles. The lowest BCUT2D eigenvalue weighted by molar-refractivity contribution is 0.199. The normalized spacial score (nSPS) is 10.8. The highest BCUT2D eigenvalue weighted by Crippen LogP contribution is 2.08. The minimum atomic E-state index is 0.739. The van der Waals surface area contributed by atoms with Gasteiger partial charge in [-0.2, -0.15) is 0 Å². The Bertz CT molecular complexity index is 508. The van der Waals surface area contributed by atoms with Crippen molar-refractivity contribution in [3.05, 3.63) is 53.6 Å². The largest absolute Gasteiger partial charge is 0.383 e. The third-order valence-corrected chi connectivity index (χ3v) is 3.00. The van der Waals surface area contributed by atoms with E-state index in [2.05, 4.69) is 46.2 Å². The molecular weight excluding hydrogens is 238 g/mol. The fourth-order valence-corrected chi connectivity index (χ4v) is 2.06. The average Bonchev–Trinajstić information content (AvgIpc) is 2.82. The zero-order valence-corrected chi connectivity index (χ0v) is 11.6.